The Morgan fingerprint density at radius 3 is 2.04 bits per heavy atom. The van der Waals surface area contributed by atoms with Crippen molar-refractivity contribution in [3.8, 4) is 5.75 Å². The van der Waals surface area contributed by atoms with Gasteiger partial charge in [0.05, 0.1) is 17.3 Å². The van der Waals surface area contributed by atoms with Crippen molar-refractivity contribution in [2.24, 2.45) is 5.92 Å². The lowest BCUT2D eigenvalue weighted by Gasteiger charge is -2.32. The highest BCUT2D eigenvalue weighted by Gasteiger charge is 2.51. The lowest BCUT2D eigenvalue weighted by atomic mass is 9.79. The zero-order valence-corrected chi connectivity index (χ0v) is 16.5. The molecule has 2 fully saturated rings. The SMILES string of the molecule is CCC[C@H]1CC[C@@H](Oc2ccc(B3OC(C)(C)C(C)(C)O3)cc2)CC1. The predicted octanol–water partition coefficient (Wildman–Crippen LogP) is 4.72. The van der Waals surface area contributed by atoms with E-state index in [-0.39, 0.29) is 18.3 Å². The number of ether oxygens (including phenoxy) is 1. The lowest BCUT2D eigenvalue weighted by Crippen LogP contribution is -2.41. The molecule has 0 unspecified atom stereocenters. The summed E-state index contributed by atoms with van der Waals surface area (Å²) < 4.78 is 18.4. The van der Waals surface area contributed by atoms with Crippen molar-refractivity contribution in [2.45, 2.75) is 90.4 Å². The third kappa shape index (κ3) is 4.23. The topological polar surface area (TPSA) is 27.7 Å². The highest BCUT2D eigenvalue weighted by molar-refractivity contribution is 6.62. The molecule has 1 heterocycles. The summed E-state index contributed by atoms with van der Waals surface area (Å²) in [6.07, 6.45) is 8.03. The molecule has 25 heavy (non-hydrogen) atoms. The monoisotopic (exact) mass is 344 g/mol. The van der Waals surface area contributed by atoms with E-state index in [1.807, 2.05) is 0 Å². The van der Waals surface area contributed by atoms with Gasteiger partial charge >= 0.3 is 7.12 Å². The molecule has 1 saturated heterocycles. The van der Waals surface area contributed by atoms with Gasteiger partial charge in [0.15, 0.2) is 0 Å². The Kier molecular flexibility index (Phi) is 5.50. The van der Waals surface area contributed by atoms with Gasteiger partial charge in [0.2, 0.25) is 0 Å². The highest BCUT2D eigenvalue weighted by atomic mass is 16.7. The quantitative estimate of drug-likeness (QED) is 0.723. The van der Waals surface area contributed by atoms with E-state index in [0.29, 0.717) is 6.10 Å². The minimum Gasteiger partial charge on any atom is -0.490 e. The molecule has 0 radical (unpaired) electrons. The van der Waals surface area contributed by atoms with Gasteiger partial charge in [-0.1, -0.05) is 31.9 Å². The fourth-order valence-corrected chi connectivity index (χ4v) is 3.82. The first-order valence-electron chi connectivity index (χ1n) is 9.93. The largest absolute Gasteiger partial charge is 0.494 e. The second-order valence-electron chi connectivity index (χ2n) is 8.71. The molecule has 3 nitrogen and oxygen atoms in total. The first kappa shape index (κ1) is 18.8. The molecule has 2 aliphatic rings. The summed E-state index contributed by atoms with van der Waals surface area (Å²) in [5, 5.41) is 0. The van der Waals surface area contributed by atoms with E-state index in [1.165, 1.54) is 38.5 Å². The number of hydrogen-bond donors (Lipinski definition) is 0. The maximum atomic E-state index is 6.20. The van der Waals surface area contributed by atoms with E-state index in [4.69, 9.17) is 14.0 Å². The third-order valence-electron chi connectivity index (χ3n) is 6.20. The van der Waals surface area contributed by atoms with Crippen LogP contribution in [0.25, 0.3) is 0 Å². The van der Waals surface area contributed by atoms with Crippen LogP contribution >= 0.6 is 0 Å². The van der Waals surface area contributed by atoms with Crippen LogP contribution in [0.15, 0.2) is 24.3 Å². The van der Waals surface area contributed by atoms with Crippen LogP contribution in [0.5, 0.6) is 5.75 Å². The van der Waals surface area contributed by atoms with Crippen molar-refractivity contribution in [3.63, 3.8) is 0 Å². The van der Waals surface area contributed by atoms with Crippen LogP contribution in [0.2, 0.25) is 0 Å². The Bertz CT molecular complexity index is 543. The van der Waals surface area contributed by atoms with Crippen molar-refractivity contribution in [2.75, 3.05) is 0 Å². The molecule has 0 N–H and O–H groups in total. The fourth-order valence-electron chi connectivity index (χ4n) is 3.82. The van der Waals surface area contributed by atoms with Crippen LogP contribution in [0, 0.1) is 5.92 Å². The van der Waals surface area contributed by atoms with Gasteiger partial charge in [0, 0.05) is 0 Å². The molecule has 3 rings (SSSR count). The van der Waals surface area contributed by atoms with Gasteiger partial charge in [-0.15, -0.1) is 0 Å². The standard InChI is InChI=1S/C21H33BO3/c1-6-7-16-8-12-18(13-9-16)23-19-14-10-17(11-15-19)22-24-20(2,3)21(4,5)25-22/h10-11,14-16,18H,6-9,12-13H2,1-5H3/t16-,18+. The molecule has 138 valence electrons. The van der Waals surface area contributed by atoms with Crippen molar-refractivity contribution < 1.29 is 14.0 Å². The molecule has 0 spiro atoms. The van der Waals surface area contributed by atoms with Gasteiger partial charge < -0.3 is 14.0 Å². The summed E-state index contributed by atoms with van der Waals surface area (Å²) in [5.41, 5.74) is 0.450. The average molecular weight is 344 g/mol. The van der Waals surface area contributed by atoms with Crippen LogP contribution in [0.1, 0.15) is 73.1 Å². The zero-order chi connectivity index (χ0) is 18.1. The Labute approximate surface area is 153 Å². The van der Waals surface area contributed by atoms with E-state index in [0.717, 1.165) is 17.1 Å². The molecule has 1 aliphatic carbocycles. The van der Waals surface area contributed by atoms with Crippen LogP contribution in [-0.4, -0.2) is 24.4 Å². The van der Waals surface area contributed by atoms with E-state index in [9.17, 15) is 0 Å². The van der Waals surface area contributed by atoms with E-state index in [2.05, 4.69) is 58.9 Å². The molecule has 0 bridgehead atoms. The minimum absolute atomic E-state index is 0.302. The Hall–Kier alpha value is -0.995. The van der Waals surface area contributed by atoms with Gasteiger partial charge in [-0.2, -0.15) is 0 Å². The minimum atomic E-state index is -0.302. The van der Waals surface area contributed by atoms with Crippen molar-refractivity contribution >= 4 is 12.6 Å². The molecule has 1 aromatic carbocycles. The molecule has 1 aromatic rings. The maximum Gasteiger partial charge on any atom is 0.494 e. The molecule has 0 aromatic heterocycles. The van der Waals surface area contributed by atoms with Crippen LogP contribution in [0.3, 0.4) is 0 Å². The summed E-state index contributed by atoms with van der Waals surface area (Å²) in [4.78, 5) is 0. The van der Waals surface area contributed by atoms with Crippen molar-refractivity contribution in [1.82, 2.24) is 0 Å². The summed E-state index contributed by atoms with van der Waals surface area (Å²) in [7, 11) is -0.302. The molecule has 0 amide bonds. The second kappa shape index (κ2) is 7.32. The van der Waals surface area contributed by atoms with Crippen LogP contribution in [0.4, 0.5) is 0 Å². The third-order valence-corrected chi connectivity index (χ3v) is 6.20. The molecule has 4 heteroatoms. The summed E-state index contributed by atoms with van der Waals surface area (Å²) in [6, 6.07) is 8.25. The van der Waals surface area contributed by atoms with Gasteiger partial charge in [0.25, 0.3) is 0 Å². The number of hydrogen-bond acceptors (Lipinski definition) is 3. The average Bonchev–Trinajstić information content (AvgIpc) is 2.78. The van der Waals surface area contributed by atoms with Gasteiger partial charge in [-0.3, -0.25) is 0 Å². The van der Waals surface area contributed by atoms with E-state index >= 15 is 0 Å². The Balaban J connectivity index is 1.55. The van der Waals surface area contributed by atoms with Crippen molar-refractivity contribution in [1.29, 1.82) is 0 Å². The van der Waals surface area contributed by atoms with E-state index < -0.39 is 0 Å². The normalized spacial score (nSPS) is 28.1. The van der Waals surface area contributed by atoms with Gasteiger partial charge in [-0.05, 0) is 76.9 Å². The summed E-state index contributed by atoms with van der Waals surface area (Å²) >= 11 is 0. The van der Waals surface area contributed by atoms with E-state index in [1.54, 1.807) is 0 Å². The summed E-state index contributed by atoms with van der Waals surface area (Å²) in [5.74, 6) is 1.87. The highest BCUT2D eigenvalue weighted by Crippen LogP contribution is 2.36. The molecule has 1 saturated carbocycles. The number of rotatable bonds is 5. The molecule has 0 atom stereocenters. The van der Waals surface area contributed by atoms with Gasteiger partial charge in [-0.25, -0.2) is 0 Å². The first-order chi connectivity index (χ1) is 11.8. The fraction of sp³-hybridized carbons (Fsp3) is 0.714. The smallest absolute Gasteiger partial charge is 0.490 e. The van der Waals surface area contributed by atoms with Gasteiger partial charge in [0.1, 0.15) is 5.75 Å². The summed E-state index contributed by atoms with van der Waals surface area (Å²) in [6.45, 7) is 10.6. The molecular formula is C21H33BO3. The van der Waals surface area contributed by atoms with Crippen LogP contribution in [-0.2, 0) is 9.31 Å². The zero-order valence-electron chi connectivity index (χ0n) is 16.5. The Morgan fingerprint density at radius 1 is 0.960 bits per heavy atom. The number of benzene rings is 1. The van der Waals surface area contributed by atoms with Crippen LogP contribution < -0.4 is 10.2 Å². The molecular weight excluding hydrogens is 311 g/mol. The van der Waals surface area contributed by atoms with Crippen molar-refractivity contribution in [3.05, 3.63) is 24.3 Å². The Morgan fingerprint density at radius 2 is 1.52 bits per heavy atom. The second-order valence-corrected chi connectivity index (χ2v) is 8.71. The lowest BCUT2D eigenvalue weighted by molar-refractivity contribution is 0.00578. The predicted molar refractivity (Wildman–Crippen MR) is 103 cm³/mol. The first-order valence-corrected chi connectivity index (χ1v) is 9.93. The maximum absolute atomic E-state index is 6.20. The molecule has 1 aliphatic heterocycles.